The lowest BCUT2D eigenvalue weighted by molar-refractivity contribution is 0.626. The summed E-state index contributed by atoms with van der Waals surface area (Å²) in [5.41, 5.74) is 1.06. The van der Waals surface area contributed by atoms with Gasteiger partial charge in [0.2, 0.25) is 0 Å². The van der Waals surface area contributed by atoms with Crippen LogP contribution in [0.2, 0.25) is 0 Å². The molecule has 0 aromatic heterocycles. The van der Waals surface area contributed by atoms with Gasteiger partial charge in [-0.05, 0) is 29.7 Å². The fourth-order valence-electron chi connectivity index (χ4n) is 0.777. The molecule has 0 bridgehead atoms. The second kappa shape index (κ2) is 2.82. The molecule has 0 aliphatic heterocycles. The molecule has 1 radical (unpaired) electrons. The Morgan fingerprint density at radius 2 is 2.10 bits per heavy atom. The van der Waals surface area contributed by atoms with E-state index in [1.165, 1.54) is 12.1 Å². The zero-order chi connectivity index (χ0) is 7.56. The van der Waals surface area contributed by atoms with E-state index in [1.807, 2.05) is 0 Å². The lowest BCUT2D eigenvalue weighted by atomic mass is 10.0. The SMILES string of the molecule is CC(C)c1[c]cc(F)cc1. The Labute approximate surface area is 60.7 Å². The Morgan fingerprint density at radius 1 is 1.40 bits per heavy atom. The van der Waals surface area contributed by atoms with Crippen molar-refractivity contribution in [1.29, 1.82) is 0 Å². The first-order chi connectivity index (χ1) is 4.70. The lowest BCUT2D eigenvalue weighted by Crippen LogP contribution is -1.86. The summed E-state index contributed by atoms with van der Waals surface area (Å²) in [7, 11) is 0. The summed E-state index contributed by atoms with van der Waals surface area (Å²) in [6.07, 6.45) is 0. The second-order valence-electron chi connectivity index (χ2n) is 2.62. The predicted molar refractivity (Wildman–Crippen MR) is 39.3 cm³/mol. The van der Waals surface area contributed by atoms with Gasteiger partial charge in [-0.3, -0.25) is 0 Å². The maximum Gasteiger partial charge on any atom is 0.123 e. The van der Waals surface area contributed by atoms with Crippen LogP contribution in [0.25, 0.3) is 0 Å². The summed E-state index contributed by atoms with van der Waals surface area (Å²) < 4.78 is 12.3. The molecule has 0 unspecified atom stereocenters. The van der Waals surface area contributed by atoms with Crippen LogP contribution in [0.5, 0.6) is 0 Å². The van der Waals surface area contributed by atoms with Crippen molar-refractivity contribution >= 4 is 0 Å². The van der Waals surface area contributed by atoms with Crippen molar-refractivity contribution < 1.29 is 4.39 Å². The van der Waals surface area contributed by atoms with Crippen LogP contribution >= 0.6 is 0 Å². The highest BCUT2D eigenvalue weighted by molar-refractivity contribution is 5.17. The molecule has 0 heterocycles. The average molecular weight is 137 g/mol. The second-order valence-corrected chi connectivity index (χ2v) is 2.62. The molecule has 0 atom stereocenters. The van der Waals surface area contributed by atoms with Crippen LogP contribution in [0.4, 0.5) is 4.39 Å². The van der Waals surface area contributed by atoms with Gasteiger partial charge in [0, 0.05) is 0 Å². The van der Waals surface area contributed by atoms with E-state index in [2.05, 4.69) is 19.9 Å². The topological polar surface area (TPSA) is 0 Å². The van der Waals surface area contributed by atoms with Crippen LogP contribution in [0, 0.1) is 11.9 Å². The number of rotatable bonds is 1. The molecule has 1 heteroatoms. The highest BCUT2D eigenvalue weighted by Crippen LogP contribution is 2.12. The molecule has 0 amide bonds. The van der Waals surface area contributed by atoms with E-state index in [-0.39, 0.29) is 5.82 Å². The van der Waals surface area contributed by atoms with Gasteiger partial charge in [-0.1, -0.05) is 19.9 Å². The molecule has 10 heavy (non-hydrogen) atoms. The van der Waals surface area contributed by atoms with E-state index in [9.17, 15) is 4.39 Å². The average Bonchev–Trinajstić information content (AvgIpc) is 1.88. The van der Waals surface area contributed by atoms with Gasteiger partial charge in [0.1, 0.15) is 5.82 Å². The van der Waals surface area contributed by atoms with E-state index >= 15 is 0 Å². The number of hydrogen-bond acceptors (Lipinski definition) is 0. The van der Waals surface area contributed by atoms with E-state index in [0.717, 1.165) is 5.56 Å². The molecular weight excluding hydrogens is 127 g/mol. The van der Waals surface area contributed by atoms with Gasteiger partial charge >= 0.3 is 0 Å². The van der Waals surface area contributed by atoms with Crippen molar-refractivity contribution in [2.75, 3.05) is 0 Å². The van der Waals surface area contributed by atoms with E-state index < -0.39 is 0 Å². The first-order valence-corrected chi connectivity index (χ1v) is 3.37. The third-order valence-corrected chi connectivity index (χ3v) is 1.42. The van der Waals surface area contributed by atoms with E-state index in [1.54, 1.807) is 6.07 Å². The molecule has 0 saturated carbocycles. The zero-order valence-corrected chi connectivity index (χ0v) is 6.19. The van der Waals surface area contributed by atoms with Gasteiger partial charge in [-0.15, -0.1) is 0 Å². The third-order valence-electron chi connectivity index (χ3n) is 1.42. The highest BCUT2D eigenvalue weighted by atomic mass is 19.1. The molecule has 0 fully saturated rings. The van der Waals surface area contributed by atoms with Gasteiger partial charge in [-0.2, -0.15) is 0 Å². The third kappa shape index (κ3) is 1.56. The minimum absolute atomic E-state index is 0.218. The fourth-order valence-corrected chi connectivity index (χ4v) is 0.777. The van der Waals surface area contributed by atoms with Gasteiger partial charge in [0.05, 0.1) is 0 Å². The molecule has 1 aromatic rings. The summed E-state index contributed by atoms with van der Waals surface area (Å²) >= 11 is 0. The molecule has 0 aliphatic rings. The Morgan fingerprint density at radius 3 is 2.50 bits per heavy atom. The standard InChI is InChI=1S/C9H10F/c1-7(2)8-3-5-9(10)6-4-8/h3,5-7H,1-2H3. The summed E-state index contributed by atoms with van der Waals surface area (Å²) in [5.74, 6) is 0.213. The first kappa shape index (κ1) is 7.26. The van der Waals surface area contributed by atoms with Gasteiger partial charge in [0.25, 0.3) is 0 Å². The largest absolute Gasteiger partial charge is 0.207 e. The Bertz CT molecular complexity index is 198. The minimum Gasteiger partial charge on any atom is -0.207 e. The van der Waals surface area contributed by atoms with Crippen LogP contribution < -0.4 is 0 Å². The summed E-state index contributed by atoms with van der Waals surface area (Å²) in [6, 6.07) is 7.46. The van der Waals surface area contributed by atoms with Crippen LogP contribution in [-0.2, 0) is 0 Å². The van der Waals surface area contributed by atoms with Crippen molar-refractivity contribution in [2.45, 2.75) is 19.8 Å². The quantitative estimate of drug-likeness (QED) is 0.558. The van der Waals surface area contributed by atoms with Crippen molar-refractivity contribution in [2.24, 2.45) is 0 Å². The highest BCUT2D eigenvalue weighted by Gasteiger charge is 1.97. The first-order valence-electron chi connectivity index (χ1n) is 3.37. The van der Waals surface area contributed by atoms with Crippen LogP contribution in [-0.4, -0.2) is 0 Å². The normalized spacial score (nSPS) is 10.4. The van der Waals surface area contributed by atoms with Gasteiger partial charge in [0.15, 0.2) is 0 Å². The van der Waals surface area contributed by atoms with Crippen molar-refractivity contribution in [3.8, 4) is 0 Å². The Hall–Kier alpha value is -0.850. The molecule has 0 spiro atoms. The molecule has 0 saturated heterocycles. The molecule has 1 aromatic carbocycles. The monoisotopic (exact) mass is 137 g/mol. The van der Waals surface area contributed by atoms with Crippen molar-refractivity contribution in [3.63, 3.8) is 0 Å². The molecular formula is C9H10F. The van der Waals surface area contributed by atoms with E-state index in [0.29, 0.717) is 5.92 Å². The summed E-state index contributed by atoms with van der Waals surface area (Å²) in [5, 5.41) is 0. The van der Waals surface area contributed by atoms with Crippen molar-refractivity contribution in [3.05, 3.63) is 35.6 Å². The number of hydrogen-bond donors (Lipinski definition) is 0. The maximum absolute atomic E-state index is 12.3. The Balaban J connectivity index is 2.89. The van der Waals surface area contributed by atoms with Gasteiger partial charge < -0.3 is 0 Å². The van der Waals surface area contributed by atoms with Crippen LogP contribution in [0.3, 0.4) is 0 Å². The van der Waals surface area contributed by atoms with Crippen LogP contribution in [0.1, 0.15) is 25.3 Å². The molecule has 53 valence electrons. The van der Waals surface area contributed by atoms with Gasteiger partial charge in [-0.25, -0.2) is 4.39 Å². The zero-order valence-electron chi connectivity index (χ0n) is 6.19. The molecule has 0 nitrogen and oxygen atoms in total. The molecule has 0 N–H and O–H groups in total. The fraction of sp³-hybridized carbons (Fsp3) is 0.333. The lowest BCUT2D eigenvalue weighted by Gasteiger charge is -2.01. The number of benzene rings is 1. The molecule has 1 rings (SSSR count). The predicted octanol–water partition coefficient (Wildman–Crippen LogP) is 2.75. The Kier molecular flexibility index (Phi) is 2.05. The van der Waals surface area contributed by atoms with E-state index in [4.69, 9.17) is 0 Å². The summed E-state index contributed by atoms with van der Waals surface area (Å²) in [6.45, 7) is 4.12. The smallest absolute Gasteiger partial charge is 0.123 e. The minimum atomic E-state index is -0.218. The van der Waals surface area contributed by atoms with Crippen LogP contribution in [0.15, 0.2) is 18.2 Å². The number of halogens is 1. The maximum atomic E-state index is 12.3. The van der Waals surface area contributed by atoms with Crippen molar-refractivity contribution in [1.82, 2.24) is 0 Å². The molecule has 0 aliphatic carbocycles. The summed E-state index contributed by atoms with van der Waals surface area (Å²) in [4.78, 5) is 0.